The van der Waals surface area contributed by atoms with Gasteiger partial charge in [0.15, 0.2) is 11.6 Å². The maximum absolute atomic E-state index is 12.4. The van der Waals surface area contributed by atoms with E-state index in [1.165, 1.54) is 12.4 Å². The van der Waals surface area contributed by atoms with Gasteiger partial charge in [0.2, 0.25) is 0 Å². The predicted molar refractivity (Wildman–Crippen MR) is 127 cm³/mol. The van der Waals surface area contributed by atoms with Crippen molar-refractivity contribution >= 4 is 11.9 Å². The summed E-state index contributed by atoms with van der Waals surface area (Å²) in [5.41, 5.74) is 2.21. The summed E-state index contributed by atoms with van der Waals surface area (Å²) in [7, 11) is 0. The first-order chi connectivity index (χ1) is 17.7. The zero-order chi connectivity index (χ0) is 24.7. The molecule has 0 atom stereocenters. The number of aromatic nitrogens is 6. The fourth-order valence-electron chi connectivity index (χ4n) is 3.37. The van der Waals surface area contributed by atoms with Crippen LogP contribution in [-0.4, -0.2) is 41.5 Å². The molecule has 178 valence electrons. The van der Waals surface area contributed by atoms with Crippen LogP contribution in [0, 0.1) is 0 Å². The molecule has 5 aromatic rings. The molecule has 10 nitrogen and oxygen atoms in total. The van der Waals surface area contributed by atoms with Gasteiger partial charge in [-0.25, -0.2) is 28.9 Å². The fourth-order valence-corrected chi connectivity index (χ4v) is 3.37. The van der Waals surface area contributed by atoms with Crippen LogP contribution in [-0.2, 0) is 22.7 Å². The smallest absolute Gasteiger partial charge is 0.340 e. The maximum Gasteiger partial charge on any atom is 0.340 e. The van der Waals surface area contributed by atoms with Gasteiger partial charge in [-0.3, -0.25) is 0 Å². The second-order valence-corrected chi connectivity index (χ2v) is 7.68. The third-order valence-corrected chi connectivity index (χ3v) is 5.18. The number of carbonyl (C=O) groups is 2. The fraction of sp³-hybridized carbons (Fsp3) is 0.0769. The van der Waals surface area contributed by atoms with Crippen molar-refractivity contribution < 1.29 is 19.1 Å². The van der Waals surface area contributed by atoms with E-state index in [1.807, 2.05) is 24.3 Å². The minimum atomic E-state index is -0.489. The Kier molecular flexibility index (Phi) is 6.57. The number of ether oxygens (including phenoxy) is 2. The molecule has 36 heavy (non-hydrogen) atoms. The Morgan fingerprint density at radius 1 is 0.667 bits per heavy atom. The highest BCUT2D eigenvalue weighted by Crippen LogP contribution is 2.13. The highest BCUT2D eigenvalue weighted by Gasteiger charge is 2.11. The van der Waals surface area contributed by atoms with Gasteiger partial charge in [-0.15, -0.1) is 0 Å². The lowest BCUT2D eigenvalue weighted by molar-refractivity contribution is 0.0471. The van der Waals surface area contributed by atoms with E-state index in [0.29, 0.717) is 22.8 Å². The molecular formula is C26H20N6O4. The van der Waals surface area contributed by atoms with Crippen molar-refractivity contribution in [2.24, 2.45) is 0 Å². The summed E-state index contributed by atoms with van der Waals surface area (Å²) in [6.07, 6.45) is 9.73. The first-order valence-electron chi connectivity index (χ1n) is 11.0. The molecule has 0 aliphatic rings. The molecule has 0 saturated carbocycles. The van der Waals surface area contributed by atoms with Gasteiger partial charge in [0.05, 0.1) is 11.1 Å². The first kappa shape index (κ1) is 22.7. The van der Waals surface area contributed by atoms with Crippen LogP contribution in [0.5, 0.6) is 0 Å². The van der Waals surface area contributed by atoms with Gasteiger partial charge >= 0.3 is 11.9 Å². The maximum atomic E-state index is 12.4. The average molecular weight is 480 g/mol. The molecule has 4 aromatic heterocycles. The highest BCUT2D eigenvalue weighted by molar-refractivity contribution is 5.89. The average Bonchev–Trinajstić information content (AvgIpc) is 3.66. The molecule has 0 saturated heterocycles. The van der Waals surface area contributed by atoms with Crippen LogP contribution in [0.25, 0.3) is 11.6 Å². The SMILES string of the molecule is O=C(OCc1cccc(COC(=O)c2ccc(-n3cccn3)nc2)c1)c1ccc(-n2cccn2)nc1. The molecule has 0 unspecified atom stereocenters. The number of hydrogen-bond donors (Lipinski definition) is 0. The van der Waals surface area contributed by atoms with Gasteiger partial charge in [0.25, 0.3) is 0 Å². The summed E-state index contributed by atoms with van der Waals surface area (Å²) in [6.45, 7) is 0.140. The van der Waals surface area contributed by atoms with Crippen molar-refractivity contribution in [2.45, 2.75) is 13.2 Å². The monoisotopic (exact) mass is 480 g/mol. The summed E-state index contributed by atoms with van der Waals surface area (Å²) in [6, 6.07) is 17.5. The summed E-state index contributed by atoms with van der Waals surface area (Å²) < 4.78 is 14.0. The zero-order valence-electron chi connectivity index (χ0n) is 19.0. The van der Waals surface area contributed by atoms with Crippen molar-refractivity contribution in [3.8, 4) is 11.6 Å². The Balaban J connectivity index is 1.13. The van der Waals surface area contributed by atoms with Gasteiger partial charge in [0, 0.05) is 37.2 Å². The van der Waals surface area contributed by atoms with E-state index in [4.69, 9.17) is 9.47 Å². The lowest BCUT2D eigenvalue weighted by Crippen LogP contribution is -2.08. The number of esters is 2. The second-order valence-electron chi connectivity index (χ2n) is 7.68. The molecule has 5 rings (SSSR count). The Morgan fingerprint density at radius 2 is 1.17 bits per heavy atom. The van der Waals surface area contributed by atoms with Crippen LogP contribution in [0.4, 0.5) is 0 Å². The Bertz CT molecular complexity index is 1340. The second kappa shape index (κ2) is 10.4. The summed E-state index contributed by atoms with van der Waals surface area (Å²) >= 11 is 0. The number of pyridine rings is 2. The van der Waals surface area contributed by atoms with Crippen molar-refractivity contribution in [3.05, 3.63) is 120 Å². The van der Waals surface area contributed by atoms with Crippen LogP contribution in [0.3, 0.4) is 0 Å². The summed E-state index contributed by atoms with van der Waals surface area (Å²) in [5, 5.41) is 8.20. The first-order valence-corrected chi connectivity index (χ1v) is 11.0. The Hall–Kier alpha value is -5.12. The molecule has 4 heterocycles. The lowest BCUT2D eigenvalue weighted by Gasteiger charge is -2.09. The molecule has 0 amide bonds. The largest absolute Gasteiger partial charge is 0.457 e. The van der Waals surface area contributed by atoms with E-state index in [9.17, 15) is 9.59 Å². The van der Waals surface area contributed by atoms with Crippen molar-refractivity contribution in [1.29, 1.82) is 0 Å². The predicted octanol–water partition coefficient (Wildman–Crippen LogP) is 3.56. The molecular weight excluding hydrogens is 460 g/mol. The van der Waals surface area contributed by atoms with Crippen LogP contribution in [0.2, 0.25) is 0 Å². The summed E-state index contributed by atoms with van der Waals surface area (Å²) in [4.78, 5) is 33.3. The molecule has 0 aliphatic carbocycles. The molecule has 0 spiro atoms. The quantitative estimate of drug-likeness (QED) is 0.310. The third kappa shape index (κ3) is 5.33. The summed E-state index contributed by atoms with van der Waals surface area (Å²) in [5.74, 6) is 0.224. The minimum absolute atomic E-state index is 0.0698. The van der Waals surface area contributed by atoms with E-state index in [1.54, 1.807) is 70.5 Å². The molecule has 10 heteroatoms. The molecule has 1 aromatic carbocycles. The van der Waals surface area contributed by atoms with Gasteiger partial charge in [-0.2, -0.15) is 10.2 Å². The van der Waals surface area contributed by atoms with Crippen molar-refractivity contribution in [3.63, 3.8) is 0 Å². The number of rotatable bonds is 8. The van der Waals surface area contributed by atoms with Gasteiger partial charge in [0.1, 0.15) is 13.2 Å². The molecule has 0 fully saturated rings. The highest BCUT2D eigenvalue weighted by atomic mass is 16.5. The molecule has 0 N–H and O–H groups in total. The number of benzene rings is 1. The topological polar surface area (TPSA) is 114 Å². The Morgan fingerprint density at radius 3 is 1.56 bits per heavy atom. The Labute approximate surface area is 205 Å². The van der Waals surface area contributed by atoms with Crippen molar-refractivity contribution in [1.82, 2.24) is 29.5 Å². The standard InChI is InChI=1S/C26H20N6O4/c33-25(21-6-8-23(27-15-21)31-12-2-10-29-31)35-17-19-4-1-5-20(14-19)18-36-26(34)22-7-9-24(28-16-22)32-13-3-11-30-32/h1-16H,17-18H2. The number of carbonyl (C=O) groups excluding carboxylic acids is 2. The van der Waals surface area contributed by atoms with E-state index in [0.717, 1.165) is 11.1 Å². The van der Waals surface area contributed by atoms with Crippen LogP contribution in [0.15, 0.2) is 97.8 Å². The number of nitrogens with zero attached hydrogens (tertiary/aromatic N) is 6. The molecule has 0 radical (unpaired) electrons. The van der Waals surface area contributed by atoms with Crippen LogP contribution >= 0.6 is 0 Å². The van der Waals surface area contributed by atoms with E-state index < -0.39 is 11.9 Å². The normalized spacial score (nSPS) is 10.7. The zero-order valence-corrected chi connectivity index (χ0v) is 19.0. The number of hydrogen-bond acceptors (Lipinski definition) is 8. The molecule has 0 aliphatic heterocycles. The van der Waals surface area contributed by atoms with Crippen LogP contribution in [0.1, 0.15) is 31.8 Å². The third-order valence-electron chi connectivity index (χ3n) is 5.18. The lowest BCUT2D eigenvalue weighted by atomic mass is 10.1. The van der Waals surface area contributed by atoms with E-state index in [-0.39, 0.29) is 13.2 Å². The van der Waals surface area contributed by atoms with Gasteiger partial charge in [-0.05, 0) is 53.6 Å². The van der Waals surface area contributed by atoms with E-state index in [2.05, 4.69) is 20.2 Å². The van der Waals surface area contributed by atoms with Crippen molar-refractivity contribution in [2.75, 3.05) is 0 Å². The minimum Gasteiger partial charge on any atom is -0.457 e. The van der Waals surface area contributed by atoms with Gasteiger partial charge in [-0.1, -0.05) is 18.2 Å². The molecule has 0 bridgehead atoms. The van der Waals surface area contributed by atoms with Crippen LogP contribution < -0.4 is 0 Å². The van der Waals surface area contributed by atoms with Gasteiger partial charge < -0.3 is 9.47 Å². The van der Waals surface area contributed by atoms with E-state index >= 15 is 0 Å².